The number of rotatable bonds is 9. The Morgan fingerprint density at radius 1 is 1.25 bits per heavy atom. The molecule has 2 unspecified atom stereocenters. The number of benzene rings is 1. The number of aliphatic carboxylic acids is 1. The molecule has 24 heavy (non-hydrogen) atoms. The van der Waals surface area contributed by atoms with E-state index in [4.69, 9.17) is 11.6 Å². The zero-order valence-corrected chi connectivity index (χ0v) is 15.5. The van der Waals surface area contributed by atoms with Crippen LogP contribution in [0.2, 0.25) is 5.02 Å². The number of carbonyl (C=O) groups excluding carboxylic acids is 1. The van der Waals surface area contributed by atoms with E-state index in [0.717, 1.165) is 5.56 Å². The fraction of sp³-hybridized carbons (Fsp3) is 0.556. The smallest absolute Gasteiger partial charge is 0.307 e. The lowest BCUT2D eigenvalue weighted by atomic mass is 9.97. The van der Waals surface area contributed by atoms with Crippen LogP contribution in [0.3, 0.4) is 0 Å². The van der Waals surface area contributed by atoms with E-state index in [1.807, 2.05) is 33.8 Å². The minimum Gasteiger partial charge on any atom is -0.481 e. The highest BCUT2D eigenvalue weighted by Crippen LogP contribution is 2.20. The molecule has 1 aromatic carbocycles. The summed E-state index contributed by atoms with van der Waals surface area (Å²) in [4.78, 5) is 23.4. The van der Waals surface area contributed by atoms with Crippen LogP contribution < -0.4 is 10.6 Å². The minimum atomic E-state index is -0.803. The van der Waals surface area contributed by atoms with Gasteiger partial charge in [-0.15, -0.1) is 0 Å². The normalized spacial score (nSPS) is 13.6. The highest BCUT2D eigenvalue weighted by molar-refractivity contribution is 6.31. The van der Waals surface area contributed by atoms with E-state index >= 15 is 0 Å². The molecule has 0 aliphatic rings. The first-order chi connectivity index (χ1) is 11.2. The standard InChI is InChI=1S/C18H27ClN2O3/c1-11(2)7-14(18(23)24)10-20-13(4)8-17(22)21-16-9-15(19)6-5-12(16)3/h5-6,9,11,13-14,20H,7-8,10H2,1-4H3,(H,21,22)(H,23,24). The number of hydrogen-bond donors (Lipinski definition) is 3. The topological polar surface area (TPSA) is 78.4 Å². The van der Waals surface area contributed by atoms with Gasteiger partial charge in [0, 0.05) is 29.7 Å². The Morgan fingerprint density at radius 2 is 1.92 bits per heavy atom. The van der Waals surface area contributed by atoms with Crippen molar-refractivity contribution in [3.8, 4) is 0 Å². The van der Waals surface area contributed by atoms with Gasteiger partial charge in [-0.1, -0.05) is 31.5 Å². The average Bonchev–Trinajstić information content (AvgIpc) is 2.46. The molecule has 0 aliphatic carbocycles. The van der Waals surface area contributed by atoms with Gasteiger partial charge in [-0.2, -0.15) is 0 Å². The number of hydrogen-bond acceptors (Lipinski definition) is 3. The summed E-state index contributed by atoms with van der Waals surface area (Å²) in [6.45, 7) is 8.13. The van der Waals surface area contributed by atoms with E-state index in [-0.39, 0.29) is 18.4 Å². The van der Waals surface area contributed by atoms with E-state index in [9.17, 15) is 14.7 Å². The lowest BCUT2D eigenvalue weighted by Crippen LogP contribution is -2.37. The van der Waals surface area contributed by atoms with Crippen LogP contribution in [-0.2, 0) is 9.59 Å². The number of amides is 1. The molecule has 1 amide bonds. The van der Waals surface area contributed by atoms with E-state index < -0.39 is 11.9 Å². The molecule has 0 saturated heterocycles. The van der Waals surface area contributed by atoms with Crippen molar-refractivity contribution in [3.05, 3.63) is 28.8 Å². The van der Waals surface area contributed by atoms with Crippen LogP contribution in [0.1, 0.15) is 39.2 Å². The van der Waals surface area contributed by atoms with E-state index in [1.54, 1.807) is 12.1 Å². The van der Waals surface area contributed by atoms with E-state index in [0.29, 0.717) is 29.6 Å². The van der Waals surface area contributed by atoms with E-state index in [2.05, 4.69) is 10.6 Å². The van der Waals surface area contributed by atoms with Crippen LogP contribution >= 0.6 is 11.6 Å². The van der Waals surface area contributed by atoms with Crippen LogP contribution in [0.4, 0.5) is 5.69 Å². The SMILES string of the molecule is Cc1ccc(Cl)cc1NC(=O)CC(C)NCC(CC(C)C)C(=O)O. The van der Waals surface area contributed by atoms with Gasteiger partial charge in [-0.3, -0.25) is 9.59 Å². The van der Waals surface area contributed by atoms with Crippen molar-refractivity contribution in [2.45, 2.75) is 46.6 Å². The molecule has 0 heterocycles. The van der Waals surface area contributed by atoms with Crippen LogP contribution in [0.25, 0.3) is 0 Å². The van der Waals surface area contributed by atoms with Gasteiger partial charge in [0.05, 0.1) is 5.92 Å². The molecule has 0 aromatic heterocycles. The monoisotopic (exact) mass is 354 g/mol. The maximum absolute atomic E-state index is 12.1. The third kappa shape index (κ3) is 7.32. The number of carboxylic acids is 1. The van der Waals surface area contributed by atoms with Gasteiger partial charge in [-0.05, 0) is 43.9 Å². The molecular weight excluding hydrogens is 328 g/mol. The molecule has 0 radical (unpaired) electrons. The van der Waals surface area contributed by atoms with Gasteiger partial charge in [0.2, 0.25) is 5.91 Å². The number of anilines is 1. The third-order valence-corrected chi connectivity index (χ3v) is 4.02. The van der Waals surface area contributed by atoms with Crippen molar-refractivity contribution < 1.29 is 14.7 Å². The first-order valence-corrected chi connectivity index (χ1v) is 8.59. The fourth-order valence-electron chi connectivity index (χ4n) is 2.46. The molecule has 6 heteroatoms. The summed E-state index contributed by atoms with van der Waals surface area (Å²) in [6.07, 6.45) is 0.878. The van der Waals surface area contributed by atoms with Crippen molar-refractivity contribution in [2.24, 2.45) is 11.8 Å². The highest BCUT2D eigenvalue weighted by Gasteiger charge is 2.20. The maximum atomic E-state index is 12.1. The molecule has 0 aliphatic heterocycles. The van der Waals surface area contributed by atoms with Gasteiger partial charge in [0.15, 0.2) is 0 Å². The highest BCUT2D eigenvalue weighted by atomic mass is 35.5. The lowest BCUT2D eigenvalue weighted by Gasteiger charge is -2.19. The largest absolute Gasteiger partial charge is 0.481 e. The minimum absolute atomic E-state index is 0.112. The van der Waals surface area contributed by atoms with Crippen LogP contribution in [0.15, 0.2) is 18.2 Å². The Labute approximate surface area is 148 Å². The Morgan fingerprint density at radius 3 is 2.50 bits per heavy atom. The molecule has 134 valence electrons. The first-order valence-electron chi connectivity index (χ1n) is 8.21. The molecule has 0 saturated carbocycles. The molecule has 2 atom stereocenters. The predicted molar refractivity (Wildman–Crippen MR) is 97.5 cm³/mol. The summed E-state index contributed by atoms with van der Waals surface area (Å²) in [6, 6.07) is 5.23. The third-order valence-electron chi connectivity index (χ3n) is 3.78. The second-order valence-electron chi connectivity index (χ2n) is 6.69. The van der Waals surface area contributed by atoms with E-state index in [1.165, 1.54) is 0 Å². The second kappa shape index (κ2) is 9.64. The van der Waals surface area contributed by atoms with Crippen molar-refractivity contribution in [1.82, 2.24) is 5.32 Å². The van der Waals surface area contributed by atoms with Gasteiger partial charge in [0.1, 0.15) is 0 Å². The fourth-order valence-corrected chi connectivity index (χ4v) is 2.64. The molecular formula is C18H27ClN2O3. The average molecular weight is 355 g/mol. The molecule has 0 fully saturated rings. The quantitative estimate of drug-likeness (QED) is 0.631. The number of aryl methyl sites for hydroxylation is 1. The Balaban J connectivity index is 2.49. The summed E-state index contributed by atoms with van der Waals surface area (Å²) in [5.41, 5.74) is 1.64. The van der Waals surface area contributed by atoms with Crippen molar-refractivity contribution >= 4 is 29.2 Å². The van der Waals surface area contributed by atoms with Gasteiger partial charge >= 0.3 is 5.97 Å². The zero-order chi connectivity index (χ0) is 18.3. The summed E-state index contributed by atoms with van der Waals surface area (Å²) in [5.74, 6) is -1.05. The molecule has 0 spiro atoms. The lowest BCUT2D eigenvalue weighted by molar-refractivity contribution is -0.142. The molecule has 0 bridgehead atoms. The zero-order valence-electron chi connectivity index (χ0n) is 14.7. The molecule has 5 nitrogen and oxygen atoms in total. The summed E-state index contributed by atoms with van der Waals surface area (Å²) in [5, 5.41) is 15.8. The van der Waals surface area contributed by atoms with Crippen molar-refractivity contribution in [2.75, 3.05) is 11.9 Å². The van der Waals surface area contributed by atoms with Crippen LogP contribution in [0.5, 0.6) is 0 Å². The summed E-state index contributed by atoms with van der Waals surface area (Å²) >= 11 is 5.94. The second-order valence-corrected chi connectivity index (χ2v) is 7.12. The first kappa shape index (κ1) is 20.5. The maximum Gasteiger partial charge on any atom is 0.307 e. The number of nitrogens with one attached hydrogen (secondary N) is 2. The molecule has 1 aromatic rings. The van der Waals surface area contributed by atoms with Gasteiger partial charge < -0.3 is 15.7 Å². The summed E-state index contributed by atoms with van der Waals surface area (Å²) in [7, 11) is 0. The van der Waals surface area contributed by atoms with Crippen LogP contribution in [0, 0.1) is 18.8 Å². The Bertz CT molecular complexity index is 575. The van der Waals surface area contributed by atoms with Crippen LogP contribution in [-0.4, -0.2) is 29.6 Å². The number of halogens is 1. The Kier molecular flexibility index (Phi) is 8.22. The molecule has 3 N–H and O–H groups in total. The summed E-state index contributed by atoms with van der Waals surface area (Å²) < 4.78 is 0. The van der Waals surface area contributed by atoms with Crippen molar-refractivity contribution in [3.63, 3.8) is 0 Å². The van der Waals surface area contributed by atoms with Crippen molar-refractivity contribution in [1.29, 1.82) is 0 Å². The predicted octanol–water partition coefficient (Wildman–Crippen LogP) is 3.70. The Hall–Kier alpha value is -1.59. The number of carbonyl (C=O) groups is 2. The van der Waals surface area contributed by atoms with Gasteiger partial charge in [-0.25, -0.2) is 0 Å². The van der Waals surface area contributed by atoms with Gasteiger partial charge in [0.25, 0.3) is 0 Å². The molecule has 1 rings (SSSR count). The number of carboxylic acid groups (broad SMARTS) is 1.